The van der Waals surface area contributed by atoms with Crippen molar-refractivity contribution in [2.24, 2.45) is 0 Å². The molecule has 1 aromatic carbocycles. The van der Waals surface area contributed by atoms with Crippen molar-refractivity contribution in [3.8, 4) is 0 Å². The summed E-state index contributed by atoms with van der Waals surface area (Å²) in [6.45, 7) is 3.56. The van der Waals surface area contributed by atoms with Crippen LogP contribution in [0.3, 0.4) is 0 Å². The lowest BCUT2D eigenvalue weighted by Gasteiger charge is -2.34. The van der Waals surface area contributed by atoms with E-state index in [1.807, 2.05) is 18.2 Å². The molecule has 0 aliphatic carbocycles. The van der Waals surface area contributed by atoms with Crippen LogP contribution in [0.1, 0.15) is 28.9 Å². The zero-order chi connectivity index (χ0) is 16.4. The van der Waals surface area contributed by atoms with E-state index in [1.165, 1.54) is 6.92 Å². The van der Waals surface area contributed by atoms with Crippen molar-refractivity contribution in [1.29, 1.82) is 0 Å². The highest BCUT2D eigenvalue weighted by atomic mass is 35.5. The lowest BCUT2D eigenvalue weighted by Crippen LogP contribution is -2.38. The summed E-state index contributed by atoms with van der Waals surface area (Å²) in [5.74, 6) is 0.850. The molecule has 1 atom stereocenters. The first-order valence-corrected chi connectivity index (χ1v) is 8.08. The molecule has 0 saturated carbocycles. The van der Waals surface area contributed by atoms with Gasteiger partial charge in [0, 0.05) is 24.8 Å². The minimum absolute atomic E-state index is 0.0136. The topological polar surface area (TPSA) is 42.4 Å². The summed E-state index contributed by atoms with van der Waals surface area (Å²) in [6, 6.07) is 9.21. The second kappa shape index (κ2) is 6.87. The molecular formula is C17H16Cl2N2O2. The molecule has 1 saturated heterocycles. The maximum absolute atomic E-state index is 11.3. The molecule has 0 spiro atoms. The molecule has 1 aliphatic heterocycles. The van der Waals surface area contributed by atoms with Gasteiger partial charge < -0.3 is 9.64 Å². The van der Waals surface area contributed by atoms with E-state index in [2.05, 4.69) is 9.88 Å². The molecule has 23 heavy (non-hydrogen) atoms. The second-order valence-corrected chi connectivity index (χ2v) is 6.25. The van der Waals surface area contributed by atoms with Crippen LogP contribution in [-0.4, -0.2) is 30.5 Å². The van der Waals surface area contributed by atoms with Gasteiger partial charge in [-0.15, -0.1) is 0 Å². The van der Waals surface area contributed by atoms with Gasteiger partial charge in [0.15, 0.2) is 5.78 Å². The van der Waals surface area contributed by atoms with Gasteiger partial charge in [0.2, 0.25) is 0 Å². The largest absolute Gasteiger partial charge is 0.370 e. The molecule has 6 heteroatoms. The summed E-state index contributed by atoms with van der Waals surface area (Å²) < 4.78 is 5.85. The van der Waals surface area contributed by atoms with Gasteiger partial charge in [-0.1, -0.05) is 29.3 Å². The Bertz CT molecular complexity index is 719. The highest BCUT2D eigenvalue weighted by molar-refractivity contribution is 6.42. The molecule has 4 nitrogen and oxygen atoms in total. The molecule has 0 radical (unpaired) electrons. The highest BCUT2D eigenvalue weighted by Crippen LogP contribution is 2.30. The van der Waals surface area contributed by atoms with Crippen molar-refractivity contribution >= 4 is 34.8 Å². The Morgan fingerprint density at radius 3 is 2.74 bits per heavy atom. The van der Waals surface area contributed by atoms with Crippen LogP contribution in [0.4, 0.5) is 5.82 Å². The molecule has 0 N–H and O–H groups in total. The van der Waals surface area contributed by atoms with Gasteiger partial charge in [0.1, 0.15) is 11.9 Å². The van der Waals surface area contributed by atoms with E-state index in [9.17, 15) is 4.79 Å². The van der Waals surface area contributed by atoms with Gasteiger partial charge in [0.25, 0.3) is 0 Å². The van der Waals surface area contributed by atoms with Crippen LogP contribution >= 0.6 is 23.2 Å². The third-order valence-electron chi connectivity index (χ3n) is 3.86. The maximum atomic E-state index is 11.3. The number of Topliss-reactive ketones (excluding diaryl/α,β-unsaturated/α-hetero) is 1. The summed E-state index contributed by atoms with van der Waals surface area (Å²) in [6.07, 6.45) is 1.52. The second-order valence-electron chi connectivity index (χ2n) is 5.44. The monoisotopic (exact) mass is 350 g/mol. The fraction of sp³-hybridized carbons (Fsp3) is 0.294. The number of hydrogen-bond acceptors (Lipinski definition) is 4. The number of ketones is 1. The summed E-state index contributed by atoms with van der Waals surface area (Å²) in [7, 11) is 0. The average molecular weight is 351 g/mol. The number of hydrogen-bond donors (Lipinski definition) is 0. The normalized spacial score (nSPS) is 18.0. The van der Waals surface area contributed by atoms with Crippen LogP contribution in [0.5, 0.6) is 0 Å². The number of rotatable bonds is 3. The Kier molecular flexibility index (Phi) is 4.85. The number of carbonyl (C=O) groups is 1. The molecule has 3 rings (SSSR count). The smallest absolute Gasteiger partial charge is 0.161 e. The molecule has 120 valence electrons. The summed E-state index contributed by atoms with van der Waals surface area (Å²) in [5, 5.41) is 1.05. The SMILES string of the molecule is CC(=O)c1ccc(N2CCO[C@H](c3ccc(Cl)c(Cl)c3)C2)nc1. The number of aromatic nitrogens is 1. The third-order valence-corrected chi connectivity index (χ3v) is 4.60. The van der Waals surface area contributed by atoms with Crippen LogP contribution in [0.25, 0.3) is 0 Å². The van der Waals surface area contributed by atoms with Gasteiger partial charge in [0.05, 0.1) is 16.7 Å². The number of morpholine rings is 1. The highest BCUT2D eigenvalue weighted by Gasteiger charge is 2.23. The van der Waals surface area contributed by atoms with E-state index in [0.717, 1.165) is 17.9 Å². The first kappa shape index (κ1) is 16.2. The number of ether oxygens (including phenoxy) is 1. The maximum Gasteiger partial charge on any atom is 0.161 e. The number of nitrogens with zero attached hydrogens (tertiary/aromatic N) is 2. The number of benzene rings is 1. The van der Waals surface area contributed by atoms with Crippen LogP contribution in [0.15, 0.2) is 36.5 Å². The molecule has 0 bridgehead atoms. The van der Waals surface area contributed by atoms with Crippen LogP contribution in [0, 0.1) is 0 Å². The minimum Gasteiger partial charge on any atom is -0.370 e. The lowest BCUT2D eigenvalue weighted by atomic mass is 10.1. The third kappa shape index (κ3) is 3.66. The molecule has 2 heterocycles. The van der Waals surface area contributed by atoms with Crippen LogP contribution < -0.4 is 4.90 Å². The Morgan fingerprint density at radius 2 is 2.09 bits per heavy atom. The van der Waals surface area contributed by atoms with Crippen molar-refractivity contribution in [3.05, 3.63) is 57.7 Å². The first-order chi connectivity index (χ1) is 11.0. The van der Waals surface area contributed by atoms with Crippen LogP contribution in [0.2, 0.25) is 10.0 Å². The van der Waals surface area contributed by atoms with Gasteiger partial charge in [-0.2, -0.15) is 0 Å². The standard InChI is InChI=1S/C17H16Cl2N2O2/c1-11(22)13-3-5-17(20-9-13)21-6-7-23-16(10-21)12-2-4-14(18)15(19)8-12/h2-5,8-9,16H,6-7,10H2,1H3/t16-/m0/s1. The van der Waals surface area contributed by atoms with Crippen molar-refractivity contribution in [3.63, 3.8) is 0 Å². The Morgan fingerprint density at radius 1 is 1.26 bits per heavy atom. The van der Waals surface area contributed by atoms with Gasteiger partial charge >= 0.3 is 0 Å². The lowest BCUT2D eigenvalue weighted by molar-refractivity contribution is 0.0395. The molecule has 0 amide bonds. The molecular weight excluding hydrogens is 335 g/mol. The Labute approximate surface area is 145 Å². The Balaban J connectivity index is 1.77. The zero-order valence-corrected chi connectivity index (χ0v) is 14.1. The quantitative estimate of drug-likeness (QED) is 0.779. The molecule has 1 aliphatic rings. The summed E-state index contributed by atoms with van der Waals surface area (Å²) in [4.78, 5) is 17.9. The predicted molar refractivity (Wildman–Crippen MR) is 91.6 cm³/mol. The molecule has 2 aromatic rings. The molecule has 1 fully saturated rings. The van der Waals surface area contributed by atoms with Crippen molar-refractivity contribution < 1.29 is 9.53 Å². The number of anilines is 1. The number of pyridine rings is 1. The van der Waals surface area contributed by atoms with Crippen molar-refractivity contribution in [2.75, 3.05) is 24.6 Å². The summed E-state index contributed by atoms with van der Waals surface area (Å²) in [5.41, 5.74) is 1.60. The van der Waals surface area contributed by atoms with E-state index in [-0.39, 0.29) is 11.9 Å². The first-order valence-electron chi connectivity index (χ1n) is 7.33. The average Bonchev–Trinajstić information content (AvgIpc) is 2.57. The van der Waals surface area contributed by atoms with E-state index < -0.39 is 0 Å². The number of halogens is 2. The molecule has 1 aromatic heterocycles. The summed E-state index contributed by atoms with van der Waals surface area (Å²) >= 11 is 12.1. The van der Waals surface area contributed by atoms with Crippen LogP contribution in [-0.2, 0) is 4.74 Å². The zero-order valence-electron chi connectivity index (χ0n) is 12.6. The van der Waals surface area contributed by atoms with Gasteiger partial charge in [-0.3, -0.25) is 4.79 Å². The van der Waals surface area contributed by atoms with E-state index in [4.69, 9.17) is 27.9 Å². The predicted octanol–water partition coefficient (Wildman–Crippen LogP) is 4.17. The van der Waals surface area contributed by atoms with Crippen molar-refractivity contribution in [2.45, 2.75) is 13.0 Å². The molecule has 0 unspecified atom stereocenters. The Hall–Kier alpha value is -1.62. The fourth-order valence-corrected chi connectivity index (χ4v) is 2.86. The minimum atomic E-state index is -0.0900. The van der Waals surface area contributed by atoms with E-state index in [1.54, 1.807) is 18.3 Å². The fourth-order valence-electron chi connectivity index (χ4n) is 2.55. The van der Waals surface area contributed by atoms with Crippen molar-refractivity contribution in [1.82, 2.24) is 4.98 Å². The van der Waals surface area contributed by atoms with E-state index >= 15 is 0 Å². The van der Waals surface area contributed by atoms with Gasteiger partial charge in [-0.25, -0.2) is 4.98 Å². The number of carbonyl (C=O) groups excluding carboxylic acids is 1. The van der Waals surface area contributed by atoms with Gasteiger partial charge in [-0.05, 0) is 36.8 Å². The van der Waals surface area contributed by atoms with E-state index in [0.29, 0.717) is 28.8 Å².